The summed E-state index contributed by atoms with van der Waals surface area (Å²) >= 11 is 0. The van der Waals surface area contributed by atoms with Gasteiger partial charge in [-0.05, 0) is 49.5 Å². The van der Waals surface area contributed by atoms with Crippen LogP contribution in [0.25, 0.3) is 0 Å². The molecule has 0 bridgehead atoms. The highest BCUT2D eigenvalue weighted by Crippen LogP contribution is 2.43. The molecule has 2 nitrogen and oxygen atoms in total. The molecule has 0 aliphatic heterocycles. The Labute approximate surface area is 81.5 Å². The van der Waals surface area contributed by atoms with Crippen molar-refractivity contribution in [3.8, 4) is 0 Å². The van der Waals surface area contributed by atoms with Crippen molar-refractivity contribution in [2.45, 2.75) is 39.5 Å². The van der Waals surface area contributed by atoms with E-state index in [-0.39, 0.29) is 12.0 Å². The second kappa shape index (κ2) is 4.43. The van der Waals surface area contributed by atoms with E-state index < -0.39 is 0 Å². The average Bonchev–Trinajstić information content (AvgIpc) is 2.12. The number of hydrogen-bond acceptors (Lipinski definition) is 2. The molecule has 0 spiro atoms. The second-order valence-corrected chi connectivity index (χ2v) is 4.88. The molecule has 1 fully saturated rings. The Morgan fingerprint density at radius 3 is 2.54 bits per heavy atom. The fraction of sp³-hybridized carbons (Fsp3) is 1.00. The van der Waals surface area contributed by atoms with Crippen LogP contribution in [0.3, 0.4) is 0 Å². The van der Waals surface area contributed by atoms with Crippen molar-refractivity contribution in [2.24, 2.45) is 23.0 Å². The maximum atomic E-state index is 9.01. The minimum Gasteiger partial charge on any atom is -0.396 e. The number of aliphatic hydroxyl groups excluding tert-OH is 1. The Morgan fingerprint density at radius 1 is 1.38 bits per heavy atom. The lowest BCUT2D eigenvalue weighted by molar-refractivity contribution is 0.0801. The molecule has 13 heavy (non-hydrogen) atoms. The first kappa shape index (κ1) is 11.0. The Kier molecular flexibility index (Phi) is 3.74. The summed E-state index contributed by atoms with van der Waals surface area (Å²) < 4.78 is 0. The van der Waals surface area contributed by atoms with Gasteiger partial charge in [0.15, 0.2) is 0 Å². The maximum absolute atomic E-state index is 9.01. The molecule has 3 atom stereocenters. The van der Waals surface area contributed by atoms with Crippen molar-refractivity contribution in [2.75, 3.05) is 13.2 Å². The van der Waals surface area contributed by atoms with E-state index in [0.717, 1.165) is 24.8 Å². The van der Waals surface area contributed by atoms with Crippen LogP contribution in [0.5, 0.6) is 0 Å². The van der Waals surface area contributed by atoms with Gasteiger partial charge in [-0.3, -0.25) is 0 Å². The summed E-state index contributed by atoms with van der Waals surface area (Å²) in [5, 5.41) is 9.01. The van der Waals surface area contributed by atoms with Crippen LogP contribution in [-0.4, -0.2) is 18.3 Å². The predicted octanol–water partition coefficient (Wildman–Crippen LogP) is 1.77. The summed E-state index contributed by atoms with van der Waals surface area (Å²) in [6.07, 6.45) is 4.57. The van der Waals surface area contributed by atoms with Crippen molar-refractivity contribution >= 4 is 0 Å². The van der Waals surface area contributed by atoms with E-state index in [2.05, 4.69) is 13.8 Å². The summed E-state index contributed by atoms with van der Waals surface area (Å²) in [6, 6.07) is 0. The van der Waals surface area contributed by atoms with E-state index in [1.54, 1.807) is 0 Å². The van der Waals surface area contributed by atoms with Gasteiger partial charge in [0.05, 0.1) is 0 Å². The number of aliphatic hydroxyl groups is 1. The van der Waals surface area contributed by atoms with Gasteiger partial charge >= 0.3 is 0 Å². The van der Waals surface area contributed by atoms with Crippen molar-refractivity contribution in [3.63, 3.8) is 0 Å². The van der Waals surface area contributed by atoms with E-state index in [1.165, 1.54) is 19.3 Å². The lowest BCUT2D eigenvalue weighted by atomic mass is 9.65. The molecule has 0 aromatic heterocycles. The summed E-state index contributed by atoms with van der Waals surface area (Å²) in [5.74, 6) is 1.60. The van der Waals surface area contributed by atoms with Gasteiger partial charge in [0.2, 0.25) is 0 Å². The standard InChI is InChI=1S/C11H23NO/c1-9-3-4-11(8-12,5-6-13)7-10(9)2/h9-10,13H,3-8,12H2,1-2H3. The monoisotopic (exact) mass is 185 g/mol. The summed E-state index contributed by atoms with van der Waals surface area (Å²) in [6.45, 7) is 5.67. The molecule has 1 saturated carbocycles. The zero-order valence-corrected chi connectivity index (χ0v) is 8.92. The molecule has 3 N–H and O–H groups in total. The summed E-state index contributed by atoms with van der Waals surface area (Å²) in [4.78, 5) is 0. The molecule has 0 amide bonds. The Morgan fingerprint density at radius 2 is 2.08 bits per heavy atom. The number of nitrogens with two attached hydrogens (primary N) is 1. The summed E-state index contributed by atoms with van der Waals surface area (Å²) in [7, 11) is 0. The average molecular weight is 185 g/mol. The van der Waals surface area contributed by atoms with E-state index in [4.69, 9.17) is 10.8 Å². The first-order valence-corrected chi connectivity index (χ1v) is 5.44. The molecule has 1 aliphatic carbocycles. The lowest BCUT2D eigenvalue weighted by Gasteiger charge is -2.42. The molecule has 0 aromatic rings. The van der Waals surface area contributed by atoms with Gasteiger partial charge in [-0.25, -0.2) is 0 Å². The molecule has 1 aliphatic rings. The maximum Gasteiger partial charge on any atom is 0.0436 e. The van der Waals surface area contributed by atoms with Crippen LogP contribution in [0.1, 0.15) is 39.5 Å². The molecule has 0 saturated heterocycles. The molecule has 0 radical (unpaired) electrons. The Balaban J connectivity index is 2.57. The van der Waals surface area contributed by atoms with Crippen molar-refractivity contribution in [1.82, 2.24) is 0 Å². The van der Waals surface area contributed by atoms with Crippen LogP contribution in [0.2, 0.25) is 0 Å². The zero-order chi connectivity index (χ0) is 9.90. The molecule has 0 heterocycles. The predicted molar refractivity (Wildman–Crippen MR) is 55.4 cm³/mol. The molecule has 1 rings (SSSR count). The van der Waals surface area contributed by atoms with Gasteiger partial charge in [0, 0.05) is 6.61 Å². The first-order chi connectivity index (χ1) is 6.13. The highest BCUT2D eigenvalue weighted by molar-refractivity contribution is 4.88. The van der Waals surface area contributed by atoms with Crippen molar-refractivity contribution < 1.29 is 5.11 Å². The third kappa shape index (κ3) is 2.44. The topological polar surface area (TPSA) is 46.2 Å². The molecular formula is C11H23NO. The van der Waals surface area contributed by atoms with Gasteiger partial charge in [0.1, 0.15) is 0 Å². The van der Waals surface area contributed by atoms with Crippen molar-refractivity contribution in [3.05, 3.63) is 0 Å². The quantitative estimate of drug-likeness (QED) is 0.704. The Hall–Kier alpha value is -0.0800. The van der Waals surface area contributed by atoms with Crippen LogP contribution < -0.4 is 5.73 Å². The van der Waals surface area contributed by atoms with E-state index >= 15 is 0 Å². The zero-order valence-electron chi connectivity index (χ0n) is 8.92. The van der Waals surface area contributed by atoms with Crippen LogP contribution in [0.15, 0.2) is 0 Å². The first-order valence-electron chi connectivity index (χ1n) is 5.44. The molecule has 3 unspecified atom stereocenters. The SMILES string of the molecule is CC1CCC(CN)(CCO)CC1C. The number of rotatable bonds is 3. The van der Waals surface area contributed by atoms with Crippen LogP contribution in [0, 0.1) is 17.3 Å². The van der Waals surface area contributed by atoms with Gasteiger partial charge in [0.25, 0.3) is 0 Å². The van der Waals surface area contributed by atoms with Gasteiger partial charge in [-0.15, -0.1) is 0 Å². The third-order valence-electron chi connectivity index (χ3n) is 3.93. The largest absolute Gasteiger partial charge is 0.396 e. The molecule has 0 aromatic carbocycles. The lowest BCUT2D eigenvalue weighted by Crippen LogP contribution is -2.38. The minimum atomic E-state index is 0.251. The molecule has 2 heteroatoms. The summed E-state index contributed by atoms with van der Waals surface area (Å²) in [5.41, 5.74) is 6.07. The van der Waals surface area contributed by atoms with E-state index in [0.29, 0.717) is 0 Å². The molecule has 78 valence electrons. The third-order valence-corrected chi connectivity index (χ3v) is 3.93. The van der Waals surface area contributed by atoms with Crippen LogP contribution in [-0.2, 0) is 0 Å². The smallest absolute Gasteiger partial charge is 0.0436 e. The highest BCUT2D eigenvalue weighted by atomic mass is 16.3. The van der Waals surface area contributed by atoms with Crippen LogP contribution >= 0.6 is 0 Å². The Bertz CT molecular complexity index is 160. The molecular weight excluding hydrogens is 162 g/mol. The van der Waals surface area contributed by atoms with Gasteiger partial charge in [-0.2, -0.15) is 0 Å². The fourth-order valence-electron chi connectivity index (χ4n) is 2.56. The second-order valence-electron chi connectivity index (χ2n) is 4.88. The van der Waals surface area contributed by atoms with E-state index in [9.17, 15) is 0 Å². The van der Waals surface area contributed by atoms with Crippen LogP contribution in [0.4, 0.5) is 0 Å². The van der Waals surface area contributed by atoms with E-state index in [1.807, 2.05) is 0 Å². The van der Waals surface area contributed by atoms with Crippen molar-refractivity contribution in [1.29, 1.82) is 0 Å². The highest BCUT2D eigenvalue weighted by Gasteiger charge is 2.35. The van der Waals surface area contributed by atoms with Gasteiger partial charge in [-0.1, -0.05) is 13.8 Å². The van der Waals surface area contributed by atoms with Gasteiger partial charge < -0.3 is 10.8 Å². The number of hydrogen-bond donors (Lipinski definition) is 2. The fourth-order valence-corrected chi connectivity index (χ4v) is 2.56. The minimum absolute atomic E-state index is 0.251. The normalized spacial score (nSPS) is 40.6.